The van der Waals surface area contributed by atoms with E-state index in [0.717, 1.165) is 14.2 Å². The van der Waals surface area contributed by atoms with E-state index in [0.29, 0.717) is 10.0 Å². The van der Waals surface area contributed by atoms with Crippen molar-refractivity contribution >= 4 is 52.6 Å². The second-order valence-electron chi connectivity index (χ2n) is 6.51. The summed E-state index contributed by atoms with van der Waals surface area (Å²) >= 11 is 11.9. The van der Waals surface area contributed by atoms with Gasteiger partial charge in [0.05, 0.1) is 19.8 Å². The lowest BCUT2D eigenvalue weighted by molar-refractivity contribution is -0.160. The van der Waals surface area contributed by atoms with Crippen LogP contribution in [0.15, 0.2) is 42.5 Å². The van der Waals surface area contributed by atoms with E-state index in [4.69, 9.17) is 32.7 Å². The minimum atomic E-state index is -2.11. The highest BCUT2D eigenvalue weighted by Gasteiger charge is 2.54. The second-order valence-corrected chi connectivity index (χ2v) is 7.38. The lowest BCUT2D eigenvalue weighted by Gasteiger charge is -2.44. The molecule has 2 N–H and O–H groups in total. The number of methoxy groups -OCH3 is 2. The Bertz CT molecular complexity index is 1060. The van der Waals surface area contributed by atoms with E-state index in [-0.39, 0.29) is 21.8 Å². The Kier molecular flexibility index (Phi) is 6.37. The van der Waals surface area contributed by atoms with E-state index in [2.05, 4.69) is 10.7 Å². The number of nitrogens with one attached hydrogen (secondary N) is 2. The van der Waals surface area contributed by atoms with Crippen LogP contribution in [0, 0.1) is 0 Å². The molecule has 31 heavy (non-hydrogen) atoms. The first-order valence-electron chi connectivity index (χ1n) is 8.86. The number of ether oxygens (including phenoxy) is 2. The number of amides is 2. The first-order valence-corrected chi connectivity index (χ1v) is 9.61. The van der Waals surface area contributed by atoms with E-state index in [9.17, 15) is 19.2 Å². The number of anilines is 1. The van der Waals surface area contributed by atoms with Crippen molar-refractivity contribution in [2.24, 2.45) is 0 Å². The Morgan fingerprint density at radius 2 is 1.68 bits per heavy atom. The van der Waals surface area contributed by atoms with Crippen LogP contribution >= 0.6 is 23.2 Å². The van der Waals surface area contributed by atoms with Crippen LogP contribution in [0.4, 0.5) is 5.69 Å². The Balaban J connectivity index is 2.11. The minimum absolute atomic E-state index is 0.0771. The van der Waals surface area contributed by atoms with Gasteiger partial charge in [-0.25, -0.2) is 9.80 Å². The van der Waals surface area contributed by atoms with Gasteiger partial charge in [-0.3, -0.25) is 19.8 Å². The molecular formula is C20H17Cl2N3O6. The summed E-state index contributed by atoms with van der Waals surface area (Å²) in [6.07, 6.45) is -0.648. The molecule has 11 heteroatoms. The van der Waals surface area contributed by atoms with Gasteiger partial charge in [-0.15, -0.1) is 0 Å². The van der Waals surface area contributed by atoms with Crippen LogP contribution in [0.2, 0.25) is 10.0 Å². The van der Waals surface area contributed by atoms with Crippen molar-refractivity contribution in [3.8, 4) is 0 Å². The van der Waals surface area contributed by atoms with Crippen molar-refractivity contribution in [1.82, 2.24) is 10.4 Å². The average Bonchev–Trinajstić information content (AvgIpc) is 2.76. The monoisotopic (exact) mass is 465 g/mol. The van der Waals surface area contributed by atoms with Crippen LogP contribution < -0.4 is 10.7 Å². The maximum absolute atomic E-state index is 13.3. The normalized spacial score (nSPS) is 17.3. The molecule has 1 aliphatic rings. The second kappa shape index (κ2) is 8.83. The molecule has 0 spiro atoms. The fourth-order valence-corrected chi connectivity index (χ4v) is 3.37. The zero-order valence-corrected chi connectivity index (χ0v) is 17.9. The molecule has 0 bridgehead atoms. The number of halogens is 2. The molecule has 3 rings (SSSR count). The molecule has 2 aromatic carbocycles. The summed E-state index contributed by atoms with van der Waals surface area (Å²) in [6.45, 7) is 0. The zero-order chi connectivity index (χ0) is 22.8. The van der Waals surface area contributed by atoms with Crippen LogP contribution in [-0.2, 0) is 19.1 Å². The first-order chi connectivity index (χ1) is 14.7. The molecular weight excluding hydrogens is 449 g/mol. The van der Waals surface area contributed by atoms with Gasteiger partial charge < -0.3 is 14.8 Å². The third-order valence-electron chi connectivity index (χ3n) is 4.61. The van der Waals surface area contributed by atoms with E-state index in [1.165, 1.54) is 42.5 Å². The van der Waals surface area contributed by atoms with Crippen LogP contribution in [0.3, 0.4) is 0 Å². The SMILES string of the molecule is COC(=O)CC1(C(=O)OC)Nc2ccc(Cl)cc2C(=O)N1NC(=O)c1ccc(Cl)cc1. The van der Waals surface area contributed by atoms with Gasteiger partial charge >= 0.3 is 11.9 Å². The smallest absolute Gasteiger partial charge is 0.355 e. The van der Waals surface area contributed by atoms with Gasteiger partial charge in [0, 0.05) is 21.3 Å². The number of hydrazine groups is 1. The Morgan fingerprint density at radius 3 is 2.29 bits per heavy atom. The van der Waals surface area contributed by atoms with Crippen LogP contribution in [0.1, 0.15) is 27.1 Å². The molecule has 1 unspecified atom stereocenters. The van der Waals surface area contributed by atoms with Gasteiger partial charge in [-0.05, 0) is 42.5 Å². The van der Waals surface area contributed by atoms with Crippen molar-refractivity contribution in [3.05, 3.63) is 63.6 Å². The lowest BCUT2D eigenvalue weighted by Crippen LogP contribution is -2.70. The summed E-state index contributed by atoms with van der Waals surface area (Å²) in [5, 5.41) is 4.22. The summed E-state index contributed by atoms with van der Waals surface area (Å²) < 4.78 is 9.55. The molecule has 1 atom stereocenters. The summed E-state index contributed by atoms with van der Waals surface area (Å²) in [5.74, 6) is -3.33. The lowest BCUT2D eigenvalue weighted by atomic mass is 9.97. The van der Waals surface area contributed by atoms with Gasteiger partial charge in [0.2, 0.25) is 5.66 Å². The fraction of sp³-hybridized carbons (Fsp3) is 0.200. The number of carbonyl (C=O) groups is 4. The van der Waals surface area contributed by atoms with Crippen LogP contribution in [0.5, 0.6) is 0 Å². The molecule has 0 saturated carbocycles. The van der Waals surface area contributed by atoms with Crippen molar-refractivity contribution in [2.45, 2.75) is 12.1 Å². The zero-order valence-electron chi connectivity index (χ0n) is 16.4. The third kappa shape index (κ3) is 4.28. The van der Waals surface area contributed by atoms with E-state index in [1.807, 2.05) is 0 Å². The third-order valence-corrected chi connectivity index (χ3v) is 5.10. The van der Waals surface area contributed by atoms with Crippen molar-refractivity contribution in [3.63, 3.8) is 0 Å². The number of carbonyl (C=O) groups excluding carboxylic acids is 4. The van der Waals surface area contributed by atoms with E-state index >= 15 is 0 Å². The molecule has 162 valence electrons. The van der Waals surface area contributed by atoms with Gasteiger partial charge in [0.25, 0.3) is 11.8 Å². The molecule has 0 saturated heterocycles. The number of fused-ring (bicyclic) bond motifs is 1. The molecule has 1 heterocycles. The number of rotatable bonds is 5. The Hall–Kier alpha value is -3.30. The van der Waals surface area contributed by atoms with Crippen molar-refractivity contribution in [1.29, 1.82) is 0 Å². The number of esters is 2. The maximum Gasteiger partial charge on any atom is 0.355 e. The standard InChI is InChI=1S/C20H17Cl2N3O6/c1-30-16(26)10-20(19(29)31-2)23-15-8-7-13(22)9-14(15)18(28)25(20)24-17(27)11-3-5-12(21)6-4-11/h3-9,23H,10H2,1-2H3,(H,24,27). The maximum atomic E-state index is 13.3. The van der Waals surface area contributed by atoms with Crippen molar-refractivity contribution < 1.29 is 28.7 Å². The molecule has 0 aliphatic carbocycles. The fourth-order valence-electron chi connectivity index (χ4n) is 3.08. The Labute approximate surface area is 187 Å². The molecule has 2 amide bonds. The summed E-state index contributed by atoms with van der Waals surface area (Å²) in [6, 6.07) is 10.2. The number of hydrogen-bond donors (Lipinski definition) is 2. The highest BCUT2D eigenvalue weighted by atomic mass is 35.5. The predicted octanol–water partition coefficient (Wildman–Crippen LogP) is 2.64. The van der Waals surface area contributed by atoms with E-state index in [1.54, 1.807) is 0 Å². The molecule has 2 aromatic rings. The van der Waals surface area contributed by atoms with Gasteiger partial charge in [0.15, 0.2) is 0 Å². The summed E-state index contributed by atoms with van der Waals surface area (Å²) in [4.78, 5) is 51.2. The van der Waals surface area contributed by atoms with Gasteiger partial charge in [0.1, 0.15) is 6.42 Å². The largest absolute Gasteiger partial charge is 0.469 e. The number of benzene rings is 2. The van der Waals surface area contributed by atoms with Crippen LogP contribution in [0.25, 0.3) is 0 Å². The summed E-state index contributed by atoms with van der Waals surface area (Å²) in [7, 11) is 2.21. The van der Waals surface area contributed by atoms with Gasteiger partial charge in [-0.1, -0.05) is 23.2 Å². The average molecular weight is 466 g/mol. The number of hydrogen-bond acceptors (Lipinski definition) is 7. The predicted molar refractivity (Wildman–Crippen MR) is 112 cm³/mol. The Morgan fingerprint density at radius 1 is 1.03 bits per heavy atom. The highest BCUT2D eigenvalue weighted by molar-refractivity contribution is 6.31. The topological polar surface area (TPSA) is 114 Å². The first kappa shape index (κ1) is 22.4. The van der Waals surface area contributed by atoms with Crippen LogP contribution in [-0.4, -0.2) is 48.6 Å². The molecule has 9 nitrogen and oxygen atoms in total. The summed E-state index contributed by atoms with van der Waals surface area (Å²) in [5.41, 5.74) is 0.737. The molecule has 0 fully saturated rings. The van der Waals surface area contributed by atoms with E-state index < -0.39 is 35.8 Å². The highest BCUT2D eigenvalue weighted by Crippen LogP contribution is 2.35. The van der Waals surface area contributed by atoms with Crippen molar-refractivity contribution in [2.75, 3.05) is 19.5 Å². The molecule has 1 aliphatic heterocycles. The minimum Gasteiger partial charge on any atom is -0.469 e. The van der Waals surface area contributed by atoms with Gasteiger partial charge in [-0.2, -0.15) is 0 Å². The molecule has 0 radical (unpaired) electrons. The molecule has 0 aromatic heterocycles. The quantitative estimate of drug-likeness (QED) is 0.652. The number of nitrogens with zero attached hydrogens (tertiary/aromatic N) is 1.